The first-order valence-electron chi connectivity index (χ1n) is 7.85. The van der Waals surface area contributed by atoms with Gasteiger partial charge >= 0.3 is 5.97 Å². The van der Waals surface area contributed by atoms with Gasteiger partial charge in [0.25, 0.3) is 0 Å². The first-order valence-corrected chi connectivity index (χ1v) is 8.67. The Balaban J connectivity index is 2.05. The van der Waals surface area contributed by atoms with Crippen LogP contribution in [0.3, 0.4) is 0 Å². The molecule has 0 N–H and O–H groups in total. The summed E-state index contributed by atoms with van der Waals surface area (Å²) in [5, 5.41) is 1.23. The van der Waals surface area contributed by atoms with Crippen molar-refractivity contribution in [2.45, 2.75) is 19.8 Å². The molecule has 0 unspecified atom stereocenters. The van der Waals surface area contributed by atoms with Gasteiger partial charge in [-0.2, -0.15) is 0 Å². The molecule has 24 heavy (non-hydrogen) atoms. The van der Waals surface area contributed by atoms with Gasteiger partial charge in [0.15, 0.2) is 5.43 Å². The van der Waals surface area contributed by atoms with Crippen LogP contribution in [-0.4, -0.2) is 19.7 Å². The molecule has 0 amide bonds. The number of esters is 1. The summed E-state index contributed by atoms with van der Waals surface area (Å²) < 4.78 is 12.1. The molecule has 0 spiro atoms. The van der Waals surface area contributed by atoms with Crippen LogP contribution in [0.2, 0.25) is 0 Å². The van der Waals surface area contributed by atoms with Crippen LogP contribution < -0.4 is 10.2 Å². The Bertz CT molecular complexity index is 959. The van der Waals surface area contributed by atoms with Crippen LogP contribution in [0.25, 0.3) is 20.2 Å². The number of benzene rings is 2. The number of fused-ring (bicyclic) bond motifs is 2. The van der Waals surface area contributed by atoms with E-state index in [2.05, 4.69) is 0 Å². The lowest BCUT2D eigenvalue weighted by Gasteiger charge is -2.06. The van der Waals surface area contributed by atoms with Gasteiger partial charge in [-0.1, -0.05) is 13.3 Å². The summed E-state index contributed by atoms with van der Waals surface area (Å²) in [5.41, 5.74) is 0.422. The smallest absolute Gasteiger partial charge is 0.338 e. The number of hydrogen-bond acceptors (Lipinski definition) is 5. The van der Waals surface area contributed by atoms with Crippen LogP contribution in [0, 0.1) is 0 Å². The predicted molar refractivity (Wildman–Crippen MR) is 97.3 cm³/mol. The molecule has 124 valence electrons. The Morgan fingerprint density at radius 3 is 2.67 bits per heavy atom. The van der Waals surface area contributed by atoms with Gasteiger partial charge in [0, 0.05) is 20.2 Å². The maximum Gasteiger partial charge on any atom is 0.338 e. The molecular formula is C19H18O4S. The molecule has 3 rings (SSSR count). The molecule has 1 heterocycles. The van der Waals surface area contributed by atoms with Gasteiger partial charge in [-0.3, -0.25) is 4.79 Å². The van der Waals surface area contributed by atoms with Gasteiger partial charge in [0.05, 0.1) is 19.3 Å². The second kappa shape index (κ2) is 7.01. The van der Waals surface area contributed by atoms with Crippen molar-refractivity contribution in [3.63, 3.8) is 0 Å². The van der Waals surface area contributed by atoms with E-state index in [9.17, 15) is 9.59 Å². The Kier molecular flexibility index (Phi) is 4.81. The minimum atomic E-state index is -0.347. The van der Waals surface area contributed by atoms with E-state index in [1.807, 2.05) is 19.1 Å². The maximum absolute atomic E-state index is 12.7. The van der Waals surface area contributed by atoms with Gasteiger partial charge in [-0.15, -0.1) is 11.3 Å². The molecule has 0 saturated carbocycles. The van der Waals surface area contributed by atoms with E-state index in [1.165, 1.54) is 11.3 Å². The molecule has 0 atom stereocenters. The summed E-state index contributed by atoms with van der Waals surface area (Å²) in [6.07, 6.45) is 1.82. The zero-order valence-electron chi connectivity index (χ0n) is 13.6. The highest BCUT2D eigenvalue weighted by molar-refractivity contribution is 7.24. The average Bonchev–Trinajstić information content (AvgIpc) is 2.61. The molecule has 0 aliphatic rings. The minimum Gasteiger partial charge on any atom is -0.497 e. The van der Waals surface area contributed by atoms with E-state index in [4.69, 9.17) is 9.47 Å². The third-order valence-electron chi connectivity index (χ3n) is 3.84. The van der Waals surface area contributed by atoms with E-state index < -0.39 is 0 Å². The van der Waals surface area contributed by atoms with E-state index >= 15 is 0 Å². The number of unbranched alkanes of at least 4 members (excludes halogenated alkanes) is 1. The number of carbonyl (C=O) groups excluding carboxylic acids is 1. The highest BCUT2D eigenvalue weighted by atomic mass is 32.1. The second-order valence-electron chi connectivity index (χ2n) is 5.49. The Labute approximate surface area is 143 Å². The third kappa shape index (κ3) is 3.12. The second-order valence-corrected chi connectivity index (χ2v) is 6.58. The van der Waals surface area contributed by atoms with Gasteiger partial charge in [0.2, 0.25) is 0 Å². The molecule has 0 aliphatic heterocycles. The van der Waals surface area contributed by atoms with E-state index in [0.717, 1.165) is 22.2 Å². The fourth-order valence-electron chi connectivity index (χ4n) is 2.48. The number of carbonyl (C=O) groups is 1. The zero-order valence-corrected chi connectivity index (χ0v) is 14.4. The fourth-order valence-corrected chi connectivity index (χ4v) is 3.57. The standard InChI is InChI=1S/C19H18O4S/c1-3-4-9-23-19(21)12-5-7-14-17(10-12)24-16-8-6-13(22-2)11-15(16)18(14)20/h5-8,10-11H,3-4,9H2,1-2H3. The quantitative estimate of drug-likeness (QED) is 0.392. The summed E-state index contributed by atoms with van der Waals surface area (Å²) in [6.45, 7) is 2.46. The SMILES string of the molecule is CCCCOC(=O)c1ccc2c(=O)c3cc(OC)ccc3sc2c1. The van der Waals surface area contributed by atoms with Gasteiger partial charge in [-0.25, -0.2) is 4.79 Å². The zero-order chi connectivity index (χ0) is 17.1. The molecule has 3 aromatic rings. The predicted octanol–water partition coefficient (Wildman–Crippen LogP) is 4.38. The lowest BCUT2D eigenvalue weighted by Crippen LogP contribution is -2.07. The lowest BCUT2D eigenvalue weighted by molar-refractivity contribution is 0.0500. The van der Waals surface area contributed by atoms with Crippen molar-refractivity contribution in [3.05, 3.63) is 52.2 Å². The van der Waals surface area contributed by atoms with Crippen molar-refractivity contribution in [2.75, 3.05) is 13.7 Å². The Morgan fingerprint density at radius 1 is 1.08 bits per heavy atom. The molecule has 2 aromatic carbocycles. The molecule has 0 saturated heterocycles. The number of ether oxygens (including phenoxy) is 2. The molecular weight excluding hydrogens is 324 g/mol. The molecule has 4 nitrogen and oxygen atoms in total. The Hall–Kier alpha value is -2.40. The van der Waals surface area contributed by atoms with Crippen LogP contribution in [0.1, 0.15) is 30.1 Å². The lowest BCUT2D eigenvalue weighted by atomic mass is 10.1. The van der Waals surface area contributed by atoms with Crippen LogP contribution in [-0.2, 0) is 4.74 Å². The molecule has 0 aliphatic carbocycles. The molecule has 0 bridgehead atoms. The van der Waals surface area contributed by atoms with Crippen molar-refractivity contribution in [2.24, 2.45) is 0 Å². The summed E-state index contributed by atoms with van der Waals surface area (Å²) in [7, 11) is 1.58. The summed E-state index contributed by atoms with van der Waals surface area (Å²) in [5.74, 6) is 0.307. The summed E-state index contributed by atoms with van der Waals surface area (Å²) >= 11 is 1.48. The highest BCUT2D eigenvalue weighted by Gasteiger charge is 2.12. The van der Waals surface area contributed by atoms with E-state index in [-0.39, 0.29) is 11.4 Å². The molecule has 0 fully saturated rings. The van der Waals surface area contributed by atoms with Gasteiger partial charge in [0.1, 0.15) is 5.75 Å². The fraction of sp³-hybridized carbons (Fsp3) is 0.263. The maximum atomic E-state index is 12.7. The van der Waals surface area contributed by atoms with Crippen LogP contribution >= 0.6 is 11.3 Å². The molecule has 0 radical (unpaired) electrons. The van der Waals surface area contributed by atoms with Crippen molar-refractivity contribution >= 4 is 37.5 Å². The number of rotatable bonds is 5. The minimum absolute atomic E-state index is 0.0523. The summed E-state index contributed by atoms with van der Waals surface area (Å²) in [4.78, 5) is 24.8. The average molecular weight is 342 g/mol. The van der Waals surface area contributed by atoms with Crippen LogP contribution in [0.5, 0.6) is 5.75 Å². The monoisotopic (exact) mass is 342 g/mol. The van der Waals surface area contributed by atoms with Crippen LogP contribution in [0.4, 0.5) is 0 Å². The van der Waals surface area contributed by atoms with Crippen molar-refractivity contribution in [1.29, 1.82) is 0 Å². The third-order valence-corrected chi connectivity index (χ3v) is 4.98. The van der Waals surface area contributed by atoms with Gasteiger partial charge < -0.3 is 9.47 Å². The van der Waals surface area contributed by atoms with Crippen molar-refractivity contribution < 1.29 is 14.3 Å². The molecule has 1 aromatic heterocycles. The molecule has 5 heteroatoms. The van der Waals surface area contributed by atoms with E-state index in [1.54, 1.807) is 31.4 Å². The van der Waals surface area contributed by atoms with Crippen LogP contribution in [0.15, 0.2) is 41.2 Å². The first-order chi connectivity index (χ1) is 11.6. The van der Waals surface area contributed by atoms with Crippen molar-refractivity contribution in [3.8, 4) is 5.75 Å². The number of methoxy groups -OCH3 is 1. The summed E-state index contributed by atoms with van der Waals surface area (Å²) in [6, 6.07) is 10.5. The topological polar surface area (TPSA) is 52.6 Å². The normalized spacial score (nSPS) is 10.9. The first kappa shape index (κ1) is 16.5. The van der Waals surface area contributed by atoms with Crippen molar-refractivity contribution in [1.82, 2.24) is 0 Å². The number of hydrogen-bond donors (Lipinski definition) is 0. The van der Waals surface area contributed by atoms with E-state index in [0.29, 0.717) is 28.7 Å². The largest absolute Gasteiger partial charge is 0.497 e. The highest BCUT2D eigenvalue weighted by Crippen LogP contribution is 2.28. The van der Waals surface area contributed by atoms with Gasteiger partial charge in [-0.05, 0) is 42.8 Å². The Morgan fingerprint density at radius 2 is 1.92 bits per heavy atom.